The van der Waals surface area contributed by atoms with Gasteiger partial charge in [0.2, 0.25) is 0 Å². The molecule has 0 aromatic heterocycles. The minimum atomic E-state index is 0.414. The molecule has 0 radical (unpaired) electrons. The Kier molecular flexibility index (Phi) is 4.07. The number of rotatable bonds is 3. The highest BCUT2D eigenvalue weighted by atomic mass is 16.5. The molecule has 0 unspecified atom stereocenters. The molecule has 0 fully saturated rings. The molecule has 102 valence electrons. The van der Waals surface area contributed by atoms with Crippen LogP contribution in [0.2, 0.25) is 0 Å². The van der Waals surface area contributed by atoms with E-state index in [0.717, 1.165) is 22.4 Å². The van der Waals surface area contributed by atoms with Crippen molar-refractivity contribution in [1.29, 1.82) is 5.26 Å². The number of hydrogen-bond acceptors (Lipinski definition) is 3. The van der Waals surface area contributed by atoms with Gasteiger partial charge in [0.25, 0.3) is 0 Å². The zero-order valence-corrected chi connectivity index (χ0v) is 12.0. The number of ether oxygens (including phenoxy) is 1. The van der Waals surface area contributed by atoms with Crippen molar-refractivity contribution in [3.05, 3.63) is 58.1 Å². The maximum Gasteiger partial charge on any atom is 0.145 e. The molecular weight excluding hydrogens is 248 g/mol. The first-order chi connectivity index (χ1) is 9.56. The molecule has 2 aromatic carbocycles. The van der Waals surface area contributed by atoms with Gasteiger partial charge in [-0.1, -0.05) is 18.2 Å². The highest BCUT2D eigenvalue weighted by Crippen LogP contribution is 2.32. The Morgan fingerprint density at radius 3 is 2.45 bits per heavy atom. The summed E-state index contributed by atoms with van der Waals surface area (Å²) in [6.07, 6.45) is 0. The van der Waals surface area contributed by atoms with Crippen molar-refractivity contribution < 1.29 is 4.74 Å². The predicted octanol–water partition coefficient (Wildman–Crippen LogP) is 3.73. The summed E-state index contributed by atoms with van der Waals surface area (Å²) in [5.74, 6) is 1.39. The molecule has 3 nitrogen and oxygen atoms in total. The van der Waals surface area contributed by atoms with Crippen molar-refractivity contribution >= 4 is 0 Å². The fourth-order valence-electron chi connectivity index (χ4n) is 2.07. The molecule has 0 aliphatic heterocycles. The van der Waals surface area contributed by atoms with E-state index in [9.17, 15) is 5.26 Å². The van der Waals surface area contributed by atoms with Crippen LogP contribution >= 0.6 is 0 Å². The first-order valence-electron chi connectivity index (χ1n) is 6.54. The number of nitrogens with zero attached hydrogens (tertiary/aromatic N) is 1. The van der Waals surface area contributed by atoms with Gasteiger partial charge in [-0.2, -0.15) is 5.26 Å². The molecule has 2 N–H and O–H groups in total. The summed E-state index contributed by atoms with van der Waals surface area (Å²) >= 11 is 0. The van der Waals surface area contributed by atoms with Crippen molar-refractivity contribution in [2.24, 2.45) is 5.73 Å². The molecule has 2 rings (SSSR count). The molecule has 0 aliphatic carbocycles. The summed E-state index contributed by atoms with van der Waals surface area (Å²) in [5, 5.41) is 9.24. The van der Waals surface area contributed by atoms with Gasteiger partial charge in [-0.15, -0.1) is 0 Å². The Bertz CT molecular complexity index is 684. The quantitative estimate of drug-likeness (QED) is 0.920. The maximum absolute atomic E-state index is 9.24. The van der Waals surface area contributed by atoms with Crippen molar-refractivity contribution in [2.45, 2.75) is 27.3 Å². The second kappa shape index (κ2) is 5.77. The van der Waals surface area contributed by atoms with Gasteiger partial charge in [-0.3, -0.25) is 0 Å². The van der Waals surface area contributed by atoms with Crippen LogP contribution in [0.15, 0.2) is 30.3 Å². The summed E-state index contributed by atoms with van der Waals surface area (Å²) in [7, 11) is 0. The van der Waals surface area contributed by atoms with Gasteiger partial charge in [-0.05, 0) is 55.2 Å². The molecule has 0 saturated heterocycles. The number of nitrogens with two attached hydrogens (primary N) is 1. The first kappa shape index (κ1) is 14.1. The van der Waals surface area contributed by atoms with E-state index < -0.39 is 0 Å². The zero-order chi connectivity index (χ0) is 14.7. The second-order valence-electron chi connectivity index (χ2n) is 4.90. The highest BCUT2D eigenvalue weighted by Gasteiger charge is 2.11. The van der Waals surface area contributed by atoms with E-state index in [0.29, 0.717) is 17.9 Å². The van der Waals surface area contributed by atoms with E-state index in [-0.39, 0.29) is 0 Å². The van der Waals surface area contributed by atoms with Crippen LogP contribution in [0.4, 0.5) is 0 Å². The standard InChI is InChI=1S/C17H18N2O/c1-11-4-5-12(2)17(13(11)3)20-16-7-6-14(9-18)8-15(16)10-19/h4-8H,9,18H2,1-3H3. The average molecular weight is 266 g/mol. The van der Waals surface area contributed by atoms with Gasteiger partial charge in [0.1, 0.15) is 17.6 Å². The van der Waals surface area contributed by atoms with Gasteiger partial charge in [0, 0.05) is 6.54 Å². The van der Waals surface area contributed by atoms with Crippen LogP contribution in [0.3, 0.4) is 0 Å². The Morgan fingerprint density at radius 1 is 1.10 bits per heavy atom. The monoisotopic (exact) mass is 266 g/mol. The molecule has 2 aromatic rings. The van der Waals surface area contributed by atoms with Gasteiger partial charge in [-0.25, -0.2) is 0 Å². The lowest BCUT2D eigenvalue weighted by atomic mass is 10.0. The maximum atomic E-state index is 9.24. The third-order valence-electron chi connectivity index (χ3n) is 3.49. The van der Waals surface area contributed by atoms with Crippen LogP contribution in [0.25, 0.3) is 0 Å². The Hall–Kier alpha value is -2.31. The van der Waals surface area contributed by atoms with E-state index in [1.54, 1.807) is 6.07 Å². The third-order valence-corrected chi connectivity index (χ3v) is 3.49. The number of nitriles is 1. The van der Waals surface area contributed by atoms with E-state index in [2.05, 4.69) is 12.1 Å². The normalized spacial score (nSPS) is 10.2. The SMILES string of the molecule is Cc1ccc(C)c(Oc2ccc(CN)cc2C#N)c1C. The molecule has 0 amide bonds. The van der Waals surface area contributed by atoms with Crippen molar-refractivity contribution in [3.8, 4) is 17.6 Å². The Labute approximate surface area is 119 Å². The molecule has 0 spiro atoms. The summed E-state index contributed by atoms with van der Waals surface area (Å²) in [6, 6.07) is 11.7. The van der Waals surface area contributed by atoms with Gasteiger partial charge >= 0.3 is 0 Å². The lowest BCUT2D eigenvalue weighted by Crippen LogP contribution is -1.99. The van der Waals surface area contributed by atoms with E-state index in [4.69, 9.17) is 10.5 Å². The van der Waals surface area contributed by atoms with Crippen molar-refractivity contribution in [2.75, 3.05) is 0 Å². The minimum Gasteiger partial charge on any atom is -0.455 e. The van der Waals surface area contributed by atoms with Crippen molar-refractivity contribution in [1.82, 2.24) is 0 Å². The molecule has 0 saturated carbocycles. The molecule has 20 heavy (non-hydrogen) atoms. The third kappa shape index (κ3) is 2.66. The smallest absolute Gasteiger partial charge is 0.145 e. The summed E-state index contributed by atoms with van der Waals surface area (Å²) in [4.78, 5) is 0. The molecule has 0 atom stereocenters. The average Bonchev–Trinajstić information content (AvgIpc) is 2.47. The minimum absolute atomic E-state index is 0.414. The van der Waals surface area contributed by atoms with E-state index in [1.165, 1.54) is 5.56 Å². The second-order valence-corrected chi connectivity index (χ2v) is 4.90. The number of hydrogen-bond donors (Lipinski definition) is 1. The van der Waals surface area contributed by atoms with Crippen LogP contribution in [0, 0.1) is 32.1 Å². The number of benzene rings is 2. The van der Waals surface area contributed by atoms with Crippen LogP contribution in [-0.2, 0) is 6.54 Å². The summed E-state index contributed by atoms with van der Waals surface area (Å²) < 4.78 is 5.98. The summed E-state index contributed by atoms with van der Waals surface area (Å²) in [5.41, 5.74) is 10.3. The fraction of sp³-hybridized carbons (Fsp3) is 0.235. The molecule has 3 heteroatoms. The molecule has 0 bridgehead atoms. The van der Waals surface area contributed by atoms with Crippen LogP contribution in [0.5, 0.6) is 11.5 Å². The highest BCUT2D eigenvalue weighted by molar-refractivity contribution is 5.51. The topological polar surface area (TPSA) is 59.0 Å². The van der Waals surface area contributed by atoms with Crippen LogP contribution in [0.1, 0.15) is 27.8 Å². The summed E-state index contributed by atoms with van der Waals surface area (Å²) in [6.45, 7) is 6.49. The van der Waals surface area contributed by atoms with Crippen LogP contribution in [-0.4, -0.2) is 0 Å². The molecule has 0 aliphatic rings. The zero-order valence-electron chi connectivity index (χ0n) is 12.0. The number of aryl methyl sites for hydroxylation is 2. The van der Waals surface area contributed by atoms with E-state index >= 15 is 0 Å². The lowest BCUT2D eigenvalue weighted by molar-refractivity contribution is 0.473. The Morgan fingerprint density at radius 2 is 1.80 bits per heavy atom. The van der Waals surface area contributed by atoms with Crippen molar-refractivity contribution in [3.63, 3.8) is 0 Å². The molecule has 0 heterocycles. The largest absolute Gasteiger partial charge is 0.455 e. The molecular formula is C17H18N2O. The fourth-order valence-corrected chi connectivity index (χ4v) is 2.07. The van der Waals surface area contributed by atoms with Gasteiger partial charge < -0.3 is 10.5 Å². The van der Waals surface area contributed by atoms with Crippen LogP contribution < -0.4 is 10.5 Å². The Balaban J connectivity index is 2.46. The van der Waals surface area contributed by atoms with Gasteiger partial charge in [0.05, 0.1) is 5.56 Å². The lowest BCUT2D eigenvalue weighted by Gasteiger charge is -2.15. The van der Waals surface area contributed by atoms with E-state index in [1.807, 2.05) is 39.0 Å². The predicted molar refractivity (Wildman–Crippen MR) is 79.8 cm³/mol. The first-order valence-corrected chi connectivity index (χ1v) is 6.54. The van der Waals surface area contributed by atoms with Gasteiger partial charge in [0.15, 0.2) is 0 Å².